The van der Waals surface area contributed by atoms with E-state index in [1.165, 1.54) is 244 Å². The fraction of sp³-hybridized carbons (Fsp3) is 0.952. The van der Waals surface area contributed by atoms with Gasteiger partial charge in [-0.15, -0.1) is 0 Å². The van der Waals surface area contributed by atoms with Gasteiger partial charge in [0.2, 0.25) is 0 Å². The fourth-order valence-corrected chi connectivity index (χ4v) is 14.6. The molecule has 0 bridgehead atoms. The van der Waals surface area contributed by atoms with Gasteiger partial charge >= 0.3 is 39.5 Å². The molecule has 0 amide bonds. The quantitative estimate of drug-likeness (QED) is 0.0222. The Morgan fingerprint density at radius 2 is 0.447 bits per heavy atom. The van der Waals surface area contributed by atoms with Crippen molar-refractivity contribution in [1.82, 2.24) is 0 Å². The molecule has 0 aliphatic heterocycles. The molecule has 0 rings (SSSR count). The molecule has 0 aliphatic carbocycles. The Labute approximate surface area is 632 Å². The molecular formula is C84H164O17P2. The molecule has 0 aromatic carbocycles. The largest absolute Gasteiger partial charge is 0.472 e. The minimum absolute atomic E-state index is 0.105. The first-order valence-electron chi connectivity index (χ1n) is 43.3. The number of carbonyl (C=O) groups is 4. The molecule has 19 heteroatoms. The molecule has 2 unspecified atom stereocenters. The van der Waals surface area contributed by atoms with Crippen LogP contribution >= 0.6 is 15.6 Å². The zero-order chi connectivity index (χ0) is 75.8. The smallest absolute Gasteiger partial charge is 0.462 e. The second-order valence-electron chi connectivity index (χ2n) is 31.6. The molecule has 0 fully saturated rings. The number of phosphoric acid groups is 2. The van der Waals surface area contributed by atoms with E-state index in [1.807, 2.05) is 0 Å². The first-order chi connectivity index (χ1) is 49.7. The van der Waals surface area contributed by atoms with Gasteiger partial charge in [-0.3, -0.25) is 37.3 Å². The third-order valence-corrected chi connectivity index (χ3v) is 21.5. The van der Waals surface area contributed by atoms with E-state index in [9.17, 15) is 43.2 Å². The number of phosphoric ester groups is 2. The lowest BCUT2D eigenvalue weighted by molar-refractivity contribution is -0.161. The van der Waals surface area contributed by atoms with Crippen molar-refractivity contribution >= 4 is 39.5 Å². The number of hydrogen-bond donors (Lipinski definition) is 3. The second kappa shape index (κ2) is 74.2. The SMILES string of the molecule is CCCCCCCCCCCCCCCCCCCCCCC(=O)OC[C@H](COP(=O)(O)OC[C@@H](O)COP(=O)(O)OC[C@@H](COC(=O)CCCCCCCCC(C)C)OC(=O)CCCCCCCCCCCCC(C)C)OC(=O)CCCCCCCCCCCCCCCCCCCCC(C)C. The number of carbonyl (C=O) groups excluding carboxylic acids is 4. The predicted molar refractivity (Wildman–Crippen MR) is 423 cm³/mol. The van der Waals surface area contributed by atoms with Gasteiger partial charge in [-0.25, -0.2) is 9.13 Å². The van der Waals surface area contributed by atoms with Crippen molar-refractivity contribution in [1.29, 1.82) is 0 Å². The van der Waals surface area contributed by atoms with E-state index in [4.69, 9.17) is 37.0 Å². The lowest BCUT2D eigenvalue weighted by atomic mass is 10.0. The molecule has 3 N–H and O–H groups in total. The van der Waals surface area contributed by atoms with Gasteiger partial charge in [-0.2, -0.15) is 0 Å². The summed E-state index contributed by atoms with van der Waals surface area (Å²) in [7, 11) is -9.92. The highest BCUT2D eigenvalue weighted by Crippen LogP contribution is 2.45. The average molecular weight is 1510 g/mol. The van der Waals surface area contributed by atoms with Gasteiger partial charge in [0, 0.05) is 25.7 Å². The van der Waals surface area contributed by atoms with Gasteiger partial charge in [0.15, 0.2) is 12.2 Å². The van der Waals surface area contributed by atoms with Gasteiger partial charge in [0.25, 0.3) is 0 Å². The predicted octanol–water partition coefficient (Wildman–Crippen LogP) is 25.3. The zero-order valence-electron chi connectivity index (χ0n) is 67.8. The first kappa shape index (κ1) is 101. The van der Waals surface area contributed by atoms with Crippen molar-refractivity contribution in [3.63, 3.8) is 0 Å². The lowest BCUT2D eigenvalue weighted by Gasteiger charge is -2.21. The van der Waals surface area contributed by atoms with Crippen LogP contribution in [0.3, 0.4) is 0 Å². The van der Waals surface area contributed by atoms with Crippen LogP contribution in [0.1, 0.15) is 440 Å². The standard InChI is InChI=1S/C84H164O17P2/c1-8-9-10-11-12-13-14-15-16-17-18-19-23-26-29-32-38-43-51-58-65-81(86)94-71-79(100-83(88)67-60-53-44-39-33-30-27-24-21-20-22-25-28-31-36-41-48-55-62-75(2)3)73-98-102(90,91)96-69-78(85)70-97-103(92,93)99-74-80(72-95-82(87)66-59-52-47-46-50-57-64-77(6)7)101-84(89)68-61-54-45-40-35-34-37-42-49-56-63-76(4)5/h75-80,85H,8-74H2,1-7H3,(H,90,91)(H,92,93)/t78-,79-,80-/m1/s1. The molecule has 0 spiro atoms. The summed E-state index contributed by atoms with van der Waals surface area (Å²) in [5.41, 5.74) is 0. The molecule has 0 saturated heterocycles. The maximum atomic E-state index is 13.1. The summed E-state index contributed by atoms with van der Waals surface area (Å²) >= 11 is 0. The van der Waals surface area contributed by atoms with Crippen LogP contribution in [0.25, 0.3) is 0 Å². The van der Waals surface area contributed by atoms with E-state index >= 15 is 0 Å². The number of aliphatic hydroxyl groups excluding tert-OH is 1. The Balaban J connectivity index is 5.20. The summed E-state index contributed by atoms with van der Waals surface area (Å²) in [5.74, 6) is 0.140. The van der Waals surface area contributed by atoms with Gasteiger partial charge in [-0.05, 0) is 43.4 Å². The molecule has 0 aromatic rings. The Kier molecular flexibility index (Phi) is 72.8. The molecule has 0 heterocycles. The third kappa shape index (κ3) is 78.0. The molecule has 5 atom stereocenters. The maximum absolute atomic E-state index is 13.1. The summed E-state index contributed by atoms with van der Waals surface area (Å²) < 4.78 is 68.7. The second-order valence-corrected chi connectivity index (χ2v) is 34.6. The van der Waals surface area contributed by atoms with Crippen molar-refractivity contribution < 1.29 is 80.2 Å². The van der Waals surface area contributed by atoms with E-state index in [0.29, 0.717) is 31.6 Å². The Morgan fingerprint density at radius 3 is 0.660 bits per heavy atom. The number of rotatable bonds is 82. The monoisotopic (exact) mass is 1510 g/mol. The van der Waals surface area contributed by atoms with Crippen LogP contribution in [0.15, 0.2) is 0 Å². The van der Waals surface area contributed by atoms with Crippen LogP contribution < -0.4 is 0 Å². The summed E-state index contributed by atoms with van der Waals surface area (Å²) in [4.78, 5) is 73.1. The van der Waals surface area contributed by atoms with E-state index in [2.05, 4.69) is 48.5 Å². The molecule has 0 aliphatic rings. The van der Waals surface area contributed by atoms with Crippen molar-refractivity contribution in [3.05, 3.63) is 0 Å². The third-order valence-electron chi connectivity index (χ3n) is 19.6. The van der Waals surface area contributed by atoms with Crippen LogP contribution in [0.2, 0.25) is 0 Å². The lowest BCUT2D eigenvalue weighted by Crippen LogP contribution is -2.30. The van der Waals surface area contributed by atoms with Crippen molar-refractivity contribution in [2.24, 2.45) is 17.8 Å². The van der Waals surface area contributed by atoms with Crippen LogP contribution in [-0.2, 0) is 65.4 Å². The van der Waals surface area contributed by atoms with Gasteiger partial charge in [0.1, 0.15) is 19.3 Å². The van der Waals surface area contributed by atoms with E-state index in [-0.39, 0.29) is 25.7 Å². The molecule has 612 valence electrons. The van der Waals surface area contributed by atoms with E-state index in [0.717, 1.165) is 108 Å². The fourth-order valence-electron chi connectivity index (χ4n) is 13.0. The molecule has 103 heavy (non-hydrogen) atoms. The maximum Gasteiger partial charge on any atom is 0.472 e. The summed E-state index contributed by atoms with van der Waals surface area (Å²) in [6, 6.07) is 0. The number of hydrogen-bond acceptors (Lipinski definition) is 15. The highest BCUT2D eigenvalue weighted by molar-refractivity contribution is 7.47. The Morgan fingerprint density at radius 1 is 0.262 bits per heavy atom. The number of ether oxygens (including phenoxy) is 4. The topological polar surface area (TPSA) is 237 Å². The van der Waals surface area contributed by atoms with Crippen molar-refractivity contribution in [2.75, 3.05) is 39.6 Å². The van der Waals surface area contributed by atoms with Crippen LogP contribution in [0.5, 0.6) is 0 Å². The highest BCUT2D eigenvalue weighted by atomic mass is 31.2. The summed E-state index contributed by atoms with van der Waals surface area (Å²) in [6.45, 7) is 11.9. The first-order valence-corrected chi connectivity index (χ1v) is 46.3. The average Bonchev–Trinajstić information content (AvgIpc) is 0.912. The van der Waals surface area contributed by atoms with Crippen molar-refractivity contribution in [2.45, 2.75) is 458 Å². The zero-order valence-corrected chi connectivity index (χ0v) is 69.6. The Hall–Kier alpha value is -1.94. The normalized spacial score (nSPS) is 13.9. The molecule has 0 saturated carbocycles. The van der Waals surface area contributed by atoms with Crippen LogP contribution in [0, 0.1) is 17.8 Å². The van der Waals surface area contributed by atoms with E-state index in [1.54, 1.807) is 0 Å². The van der Waals surface area contributed by atoms with Gasteiger partial charge < -0.3 is 33.8 Å². The minimum atomic E-state index is -4.96. The highest BCUT2D eigenvalue weighted by Gasteiger charge is 2.30. The molecule has 0 aromatic heterocycles. The summed E-state index contributed by atoms with van der Waals surface area (Å²) in [6.07, 6.45) is 64.2. The van der Waals surface area contributed by atoms with E-state index < -0.39 is 97.5 Å². The van der Waals surface area contributed by atoms with Crippen molar-refractivity contribution in [3.8, 4) is 0 Å². The van der Waals surface area contributed by atoms with Crippen LogP contribution in [0.4, 0.5) is 0 Å². The molecule has 17 nitrogen and oxygen atoms in total. The molecule has 0 radical (unpaired) electrons. The number of aliphatic hydroxyl groups is 1. The van der Waals surface area contributed by atoms with Gasteiger partial charge in [0.05, 0.1) is 26.4 Å². The summed E-state index contributed by atoms with van der Waals surface area (Å²) in [5, 5.41) is 10.6. The van der Waals surface area contributed by atoms with Gasteiger partial charge in [-0.1, -0.05) is 389 Å². The Bertz CT molecular complexity index is 1990. The number of unbranched alkanes of at least 4 members (excludes halogenated alkanes) is 50. The number of esters is 4. The van der Waals surface area contributed by atoms with Crippen LogP contribution in [-0.4, -0.2) is 96.7 Å². The molecular weight excluding hydrogens is 1340 g/mol. The minimum Gasteiger partial charge on any atom is -0.462 e.